The van der Waals surface area contributed by atoms with Gasteiger partial charge in [0, 0.05) is 33.2 Å². The largest absolute Gasteiger partial charge is 0.383 e. The Labute approximate surface area is 109 Å². The molecule has 0 aromatic rings. The number of methoxy groups -OCH3 is 1. The summed E-state index contributed by atoms with van der Waals surface area (Å²) in [5, 5.41) is 2.90. The number of hydrogen-bond acceptors (Lipinski definition) is 3. The van der Waals surface area contributed by atoms with E-state index in [0.29, 0.717) is 38.6 Å². The van der Waals surface area contributed by atoms with Gasteiger partial charge in [-0.2, -0.15) is 0 Å². The van der Waals surface area contributed by atoms with Crippen molar-refractivity contribution >= 4 is 11.8 Å². The lowest BCUT2D eigenvalue weighted by atomic mass is 10.1. The summed E-state index contributed by atoms with van der Waals surface area (Å²) in [6, 6.07) is 0. The number of nitrogens with zero attached hydrogens (tertiary/aromatic N) is 1. The summed E-state index contributed by atoms with van der Waals surface area (Å²) < 4.78 is 4.94. The Kier molecular flexibility index (Phi) is 6.12. The normalized spacial score (nSPS) is 19.7. The fraction of sp³-hybridized carbons (Fsp3) is 0.846. The molecule has 2 amide bonds. The number of likely N-dealkylation sites (tertiary alicyclic amines) is 1. The van der Waals surface area contributed by atoms with E-state index in [-0.39, 0.29) is 17.7 Å². The van der Waals surface area contributed by atoms with Crippen LogP contribution in [-0.4, -0.2) is 50.1 Å². The second-order valence-electron chi connectivity index (χ2n) is 5.21. The van der Waals surface area contributed by atoms with Crippen LogP contribution in [0.3, 0.4) is 0 Å². The summed E-state index contributed by atoms with van der Waals surface area (Å²) >= 11 is 0. The van der Waals surface area contributed by atoms with E-state index in [1.54, 1.807) is 12.0 Å². The maximum atomic E-state index is 11.9. The molecular formula is C13H24N2O3. The molecule has 1 N–H and O–H groups in total. The molecule has 1 rings (SSSR count). The smallest absolute Gasteiger partial charge is 0.225 e. The lowest BCUT2D eigenvalue weighted by Crippen LogP contribution is -2.34. The molecule has 5 heteroatoms. The van der Waals surface area contributed by atoms with Gasteiger partial charge >= 0.3 is 0 Å². The van der Waals surface area contributed by atoms with Crippen LogP contribution < -0.4 is 5.32 Å². The Morgan fingerprint density at radius 1 is 1.56 bits per heavy atom. The molecule has 0 aromatic carbocycles. The molecule has 0 aliphatic carbocycles. The van der Waals surface area contributed by atoms with E-state index >= 15 is 0 Å². The molecule has 0 aromatic heterocycles. The van der Waals surface area contributed by atoms with Crippen LogP contribution in [0.5, 0.6) is 0 Å². The van der Waals surface area contributed by atoms with E-state index in [1.165, 1.54) is 0 Å². The Bertz CT molecular complexity index is 292. The monoisotopic (exact) mass is 256 g/mol. The van der Waals surface area contributed by atoms with Gasteiger partial charge < -0.3 is 15.0 Å². The van der Waals surface area contributed by atoms with E-state index in [0.717, 1.165) is 6.42 Å². The summed E-state index contributed by atoms with van der Waals surface area (Å²) in [5.74, 6) is 0.440. The van der Waals surface area contributed by atoms with E-state index in [4.69, 9.17) is 4.74 Å². The molecule has 1 atom stereocenters. The number of carbonyl (C=O) groups is 2. The van der Waals surface area contributed by atoms with E-state index in [1.807, 2.05) is 0 Å². The molecule has 1 heterocycles. The van der Waals surface area contributed by atoms with Crippen LogP contribution in [0.25, 0.3) is 0 Å². The van der Waals surface area contributed by atoms with Gasteiger partial charge in [-0.25, -0.2) is 0 Å². The van der Waals surface area contributed by atoms with Gasteiger partial charge in [0.15, 0.2) is 0 Å². The van der Waals surface area contributed by atoms with Gasteiger partial charge in [-0.05, 0) is 12.3 Å². The van der Waals surface area contributed by atoms with E-state index in [2.05, 4.69) is 19.2 Å². The molecule has 104 valence electrons. The standard InChI is InChI=1S/C13H24N2O3/c1-10(2)4-5-14-13(17)11-8-12(16)15(9-11)6-7-18-3/h10-11H,4-9H2,1-3H3,(H,14,17)/t11-/m1/s1. The topological polar surface area (TPSA) is 58.6 Å². The first-order valence-corrected chi connectivity index (χ1v) is 6.59. The van der Waals surface area contributed by atoms with Crippen molar-refractivity contribution in [3.63, 3.8) is 0 Å². The zero-order valence-corrected chi connectivity index (χ0v) is 11.6. The van der Waals surface area contributed by atoms with Gasteiger partial charge in [-0.15, -0.1) is 0 Å². The number of rotatable bonds is 7. The van der Waals surface area contributed by atoms with Gasteiger partial charge in [0.25, 0.3) is 0 Å². The van der Waals surface area contributed by atoms with E-state index in [9.17, 15) is 9.59 Å². The number of nitrogens with one attached hydrogen (secondary N) is 1. The minimum absolute atomic E-state index is 0.00363. The molecule has 0 spiro atoms. The van der Waals surface area contributed by atoms with Crippen molar-refractivity contribution < 1.29 is 14.3 Å². The summed E-state index contributed by atoms with van der Waals surface area (Å²) in [6.45, 7) is 6.56. The lowest BCUT2D eigenvalue weighted by Gasteiger charge is -2.16. The van der Waals surface area contributed by atoms with Crippen LogP contribution >= 0.6 is 0 Å². The Morgan fingerprint density at radius 2 is 2.28 bits per heavy atom. The van der Waals surface area contributed by atoms with Crippen LogP contribution in [0.15, 0.2) is 0 Å². The third-order valence-electron chi connectivity index (χ3n) is 3.17. The van der Waals surface area contributed by atoms with Gasteiger partial charge in [0.05, 0.1) is 12.5 Å². The third-order valence-corrected chi connectivity index (χ3v) is 3.17. The van der Waals surface area contributed by atoms with Crippen LogP contribution in [-0.2, 0) is 14.3 Å². The number of amides is 2. The van der Waals surface area contributed by atoms with E-state index < -0.39 is 0 Å². The molecular weight excluding hydrogens is 232 g/mol. The maximum Gasteiger partial charge on any atom is 0.225 e. The van der Waals surface area contributed by atoms with Crippen molar-refractivity contribution in [1.82, 2.24) is 10.2 Å². The van der Waals surface area contributed by atoms with Gasteiger partial charge in [-0.3, -0.25) is 9.59 Å². The minimum atomic E-state index is -0.193. The molecule has 1 fully saturated rings. The van der Waals surface area contributed by atoms with Crippen molar-refractivity contribution in [2.75, 3.05) is 33.4 Å². The number of hydrogen-bond donors (Lipinski definition) is 1. The summed E-state index contributed by atoms with van der Waals surface area (Å²) in [4.78, 5) is 25.2. The van der Waals surface area contributed by atoms with Crippen LogP contribution in [0, 0.1) is 11.8 Å². The van der Waals surface area contributed by atoms with Gasteiger partial charge in [0.2, 0.25) is 11.8 Å². The van der Waals surface area contributed by atoms with Crippen molar-refractivity contribution in [3.05, 3.63) is 0 Å². The van der Waals surface area contributed by atoms with Crippen molar-refractivity contribution in [2.24, 2.45) is 11.8 Å². The Balaban J connectivity index is 2.30. The first kappa shape index (κ1) is 15.0. The predicted octanol–water partition coefficient (Wildman–Crippen LogP) is 0.644. The molecule has 1 aliphatic heterocycles. The molecule has 1 saturated heterocycles. The maximum absolute atomic E-state index is 11.9. The first-order chi connectivity index (χ1) is 8.54. The zero-order valence-electron chi connectivity index (χ0n) is 11.6. The van der Waals surface area contributed by atoms with Gasteiger partial charge in [-0.1, -0.05) is 13.8 Å². The molecule has 0 radical (unpaired) electrons. The molecule has 5 nitrogen and oxygen atoms in total. The average Bonchev–Trinajstić information content (AvgIpc) is 2.67. The van der Waals surface area contributed by atoms with Crippen LogP contribution in [0.1, 0.15) is 26.7 Å². The third kappa shape index (κ3) is 4.64. The lowest BCUT2D eigenvalue weighted by molar-refractivity contribution is -0.129. The van der Waals surface area contributed by atoms with Gasteiger partial charge in [0.1, 0.15) is 0 Å². The highest BCUT2D eigenvalue weighted by Gasteiger charge is 2.33. The second-order valence-corrected chi connectivity index (χ2v) is 5.21. The average molecular weight is 256 g/mol. The highest BCUT2D eigenvalue weighted by Crippen LogP contribution is 2.17. The fourth-order valence-electron chi connectivity index (χ4n) is 1.99. The summed E-state index contributed by atoms with van der Waals surface area (Å²) in [7, 11) is 1.61. The Hall–Kier alpha value is -1.10. The molecule has 0 unspecified atom stereocenters. The minimum Gasteiger partial charge on any atom is -0.383 e. The van der Waals surface area contributed by atoms with Crippen molar-refractivity contribution in [3.8, 4) is 0 Å². The van der Waals surface area contributed by atoms with Crippen LogP contribution in [0.4, 0.5) is 0 Å². The molecule has 0 saturated carbocycles. The van der Waals surface area contributed by atoms with Crippen molar-refractivity contribution in [2.45, 2.75) is 26.7 Å². The Morgan fingerprint density at radius 3 is 2.89 bits per heavy atom. The summed E-state index contributed by atoms with van der Waals surface area (Å²) in [5.41, 5.74) is 0. The highest BCUT2D eigenvalue weighted by atomic mass is 16.5. The fourth-order valence-corrected chi connectivity index (χ4v) is 1.99. The highest BCUT2D eigenvalue weighted by molar-refractivity contribution is 5.89. The SMILES string of the molecule is COCCN1C[C@H](C(=O)NCCC(C)C)CC1=O. The zero-order chi connectivity index (χ0) is 13.5. The van der Waals surface area contributed by atoms with Crippen molar-refractivity contribution in [1.29, 1.82) is 0 Å². The molecule has 1 aliphatic rings. The van der Waals surface area contributed by atoms with Crippen LogP contribution in [0.2, 0.25) is 0 Å². The first-order valence-electron chi connectivity index (χ1n) is 6.59. The number of carbonyl (C=O) groups excluding carboxylic acids is 2. The quantitative estimate of drug-likeness (QED) is 0.727. The molecule has 0 bridgehead atoms. The predicted molar refractivity (Wildman–Crippen MR) is 69.0 cm³/mol. The molecule has 18 heavy (non-hydrogen) atoms. The second kappa shape index (κ2) is 7.36. The summed E-state index contributed by atoms with van der Waals surface area (Å²) in [6.07, 6.45) is 1.30. The number of ether oxygens (including phenoxy) is 1.